The summed E-state index contributed by atoms with van der Waals surface area (Å²) in [6, 6.07) is 0. The molecule has 0 nitrogen and oxygen atoms in total. The highest BCUT2D eigenvalue weighted by Crippen LogP contribution is 2.44. The van der Waals surface area contributed by atoms with Crippen molar-refractivity contribution in [3.8, 4) is 0 Å². The van der Waals surface area contributed by atoms with Crippen LogP contribution < -0.4 is 0 Å². The monoisotopic (exact) mass is 198 g/mol. The van der Waals surface area contributed by atoms with Crippen molar-refractivity contribution >= 4 is 0 Å². The summed E-state index contributed by atoms with van der Waals surface area (Å²) in [5.41, 5.74) is 0.859. The summed E-state index contributed by atoms with van der Waals surface area (Å²) in [6.45, 7) is 21.4. The van der Waals surface area contributed by atoms with E-state index in [4.69, 9.17) is 0 Å². The van der Waals surface area contributed by atoms with Crippen LogP contribution in [0.15, 0.2) is 0 Å². The fourth-order valence-electron chi connectivity index (χ4n) is 1.92. The highest BCUT2D eigenvalue weighted by molar-refractivity contribution is 4.86. The van der Waals surface area contributed by atoms with Crippen LogP contribution in [0.25, 0.3) is 0 Å². The van der Waals surface area contributed by atoms with Gasteiger partial charge in [0.25, 0.3) is 0 Å². The predicted molar refractivity (Wildman–Crippen MR) is 66.4 cm³/mol. The molecule has 0 saturated heterocycles. The molecule has 0 N–H and O–H groups in total. The molecule has 0 amide bonds. The van der Waals surface area contributed by atoms with E-state index in [1.54, 1.807) is 0 Å². The van der Waals surface area contributed by atoms with E-state index < -0.39 is 0 Å². The van der Waals surface area contributed by atoms with Gasteiger partial charge in [-0.2, -0.15) is 0 Å². The molecule has 0 aliphatic rings. The average molecular weight is 198 g/mol. The van der Waals surface area contributed by atoms with Crippen LogP contribution in [-0.4, -0.2) is 0 Å². The summed E-state index contributed by atoms with van der Waals surface area (Å²) < 4.78 is 0. The molecule has 0 aliphatic heterocycles. The molecule has 0 aromatic heterocycles. The third-order valence-corrected chi connectivity index (χ3v) is 4.78. The topological polar surface area (TPSA) is 0 Å². The lowest BCUT2D eigenvalue weighted by atomic mass is 9.61. The molecule has 14 heavy (non-hydrogen) atoms. The Morgan fingerprint density at radius 1 is 0.643 bits per heavy atom. The Labute approximate surface area is 91.5 Å². The summed E-state index contributed by atoms with van der Waals surface area (Å²) in [5.74, 6) is 2.28. The first-order valence-corrected chi connectivity index (χ1v) is 6.01. The Morgan fingerprint density at radius 2 is 1.00 bits per heavy atom. The molecule has 0 aromatic rings. The van der Waals surface area contributed by atoms with Gasteiger partial charge in [0, 0.05) is 0 Å². The van der Waals surface area contributed by atoms with E-state index in [1.807, 2.05) is 0 Å². The molecule has 1 unspecified atom stereocenters. The summed E-state index contributed by atoms with van der Waals surface area (Å²) in [6.07, 6.45) is 0. The molecular weight excluding hydrogens is 168 g/mol. The Kier molecular flexibility index (Phi) is 4.24. The Hall–Kier alpha value is 0. The first kappa shape index (κ1) is 14.0. The van der Waals surface area contributed by atoms with Crippen molar-refractivity contribution in [2.75, 3.05) is 0 Å². The lowest BCUT2D eigenvalue weighted by Gasteiger charge is -2.44. The van der Waals surface area contributed by atoms with Crippen LogP contribution >= 0.6 is 0 Å². The minimum atomic E-state index is 0.422. The maximum absolute atomic E-state index is 2.41. The first-order valence-electron chi connectivity index (χ1n) is 6.01. The standard InChI is InChI=1S/C14H30/c1-10(2)14(8,9)12(4)11(3)13(5,6)7/h10-12H,1-9H3/t11-,12?/m0/s1. The van der Waals surface area contributed by atoms with Crippen LogP contribution in [0.3, 0.4) is 0 Å². The molecule has 0 aliphatic carbocycles. The third kappa shape index (κ3) is 3.00. The van der Waals surface area contributed by atoms with Crippen LogP contribution in [-0.2, 0) is 0 Å². The van der Waals surface area contributed by atoms with Gasteiger partial charge in [-0.1, -0.05) is 62.3 Å². The molecule has 0 aromatic carbocycles. The normalized spacial score (nSPS) is 18.4. The van der Waals surface area contributed by atoms with Gasteiger partial charge in [0.05, 0.1) is 0 Å². The molecule has 0 heteroatoms. The minimum absolute atomic E-state index is 0.422. The zero-order valence-corrected chi connectivity index (χ0v) is 11.7. The maximum Gasteiger partial charge on any atom is -0.0303 e. The lowest BCUT2D eigenvalue weighted by molar-refractivity contribution is 0.0517. The van der Waals surface area contributed by atoms with Gasteiger partial charge in [0.15, 0.2) is 0 Å². The molecule has 2 atom stereocenters. The van der Waals surface area contributed by atoms with Crippen LogP contribution in [0.2, 0.25) is 0 Å². The molecule has 0 radical (unpaired) electrons. The van der Waals surface area contributed by atoms with E-state index >= 15 is 0 Å². The van der Waals surface area contributed by atoms with Gasteiger partial charge in [-0.05, 0) is 28.6 Å². The second kappa shape index (κ2) is 4.24. The summed E-state index contributed by atoms with van der Waals surface area (Å²) in [4.78, 5) is 0. The van der Waals surface area contributed by atoms with E-state index in [0.717, 1.165) is 17.8 Å². The fourth-order valence-corrected chi connectivity index (χ4v) is 1.92. The Balaban J connectivity index is 4.70. The second-order valence-corrected chi connectivity index (χ2v) is 6.92. The molecule has 0 fully saturated rings. The van der Waals surface area contributed by atoms with Crippen molar-refractivity contribution < 1.29 is 0 Å². The summed E-state index contributed by atoms with van der Waals surface area (Å²) in [5, 5.41) is 0. The van der Waals surface area contributed by atoms with Crippen molar-refractivity contribution in [3.63, 3.8) is 0 Å². The van der Waals surface area contributed by atoms with E-state index in [2.05, 4.69) is 62.3 Å². The minimum Gasteiger partial charge on any atom is -0.0623 e. The van der Waals surface area contributed by atoms with Gasteiger partial charge >= 0.3 is 0 Å². The first-order chi connectivity index (χ1) is 6.01. The van der Waals surface area contributed by atoms with E-state index in [9.17, 15) is 0 Å². The van der Waals surface area contributed by atoms with Crippen molar-refractivity contribution in [1.82, 2.24) is 0 Å². The number of rotatable bonds is 3. The van der Waals surface area contributed by atoms with Crippen molar-refractivity contribution in [1.29, 1.82) is 0 Å². The predicted octanol–water partition coefficient (Wildman–Crippen LogP) is 4.99. The summed E-state index contributed by atoms with van der Waals surface area (Å²) in [7, 11) is 0. The van der Waals surface area contributed by atoms with Crippen molar-refractivity contribution in [3.05, 3.63) is 0 Å². The van der Waals surface area contributed by atoms with E-state index in [1.165, 1.54) is 0 Å². The van der Waals surface area contributed by atoms with E-state index in [0.29, 0.717) is 10.8 Å². The highest BCUT2D eigenvalue weighted by atomic mass is 14.4. The van der Waals surface area contributed by atoms with Crippen LogP contribution in [0.4, 0.5) is 0 Å². The van der Waals surface area contributed by atoms with Crippen LogP contribution in [0.1, 0.15) is 62.3 Å². The maximum atomic E-state index is 2.41. The summed E-state index contributed by atoms with van der Waals surface area (Å²) >= 11 is 0. The average Bonchev–Trinajstić information content (AvgIpc) is 1.99. The van der Waals surface area contributed by atoms with E-state index in [-0.39, 0.29) is 0 Å². The molecular formula is C14H30. The Bertz CT molecular complexity index is 169. The molecule has 0 bridgehead atoms. The van der Waals surface area contributed by atoms with Gasteiger partial charge in [-0.25, -0.2) is 0 Å². The zero-order valence-electron chi connectivity index (χ0n) is 11.7. The third-order valence-electron chi connectivity index (χ3n) is 4.78. The molecule has 86 valence electrons. The second-order valence-electron chi connectivity index (χ2n) is 6.92. The molecule has 0 saturated carbocycles. The highest BCUT2D eigenvalue weighted by Gasteiger charge is 2.37. The largest absolute Gasteiger partial charge is 0.0623 e. The quantitative estimate of drug-likeness (QED) is 0.599. The van der Waals surface area contributed by atoms with Crippen molar-refractivity contribution in [2.45, 2.75) is 62.3 Å². The van der Waals surface area contributed by atoms with Gasteiger partial charge in [0.2, 0.25) is 0 Å². The van der Waals surface area contributed by atoms with Gasteiger partial charge in [-0.15, -0.1) is 0 Å². The Morgan fingerprint density at radius 3 is 1.21 bits per heavy atom. The fraction of sp³-hybridized carbons (Fsp3) is 1.00. The SMILES string of the molecule is CC(C)C(C)(C)C(C)[C@H](C)C(C)(C)C. The number of hydrogen-bond donors (Lipinski definition) is 0. The van der Waals surface area contributed by atoms with Gasteiger partial charge < -0.3 is 0 Å². The van der Waals surface area contributed by atoms with Crippen LogP contribution in [0, 0.1) is 28.6 Å². The lowest BCUT2D eigenvalue weighted by Crippen LogP contribution is -2.37. The van der Waals surface area contributed by atoms with Gasteiger partial charge in [-0.3, -0.25) is 0 Å². The van der Waals surface area contributed by atoms with Crippen LogP contribution in [0.5, 0.6) is 0 Å². The molecule has 0 spiro atoms. The zero-order chi connectivity index (χ0) is 11.7. The number of hydrogen-bond acceptors (Lipinski definition) is 0. The molecule has 0 rings (SSSR count). The molecule has 0 heterocycles. The smallest absolute Gasteiger partial charge is 0.0303 e. The van der Waals surface area contributed by atoms with Crippen molar-refractivity contribution in [2.24, 2.45) is 28.6 Å². The van der Waals surface area contributed by atoms with Gasteiger partial charge in [0.1, 0.15) is 0 Å².